The first-order valence-corrected chi connectivity index (χ1v) is 2.12. The molecule has 0 aromatic carbocycles. The van der Waals surface area contributed by atoms with E-state index in [1.807, 2.05) is 6.92 Å². The van der Waals surface area contributed by atoms with Gasteiger partial charge in [-0.1, -0.05) is 19.1 Å². The van der Waals surface area contributed by atoms with Gasteiger partial charge in [0.2, 0.25) is 0 Å². The molecular weight excluding hydrogens is 79.1 g/mol. The Morgan fingerprint density at radius 2 is 2.17 bits per heavy atom. The third-order valence-corrected chi connectivity index (χ3v) is 0.491. The molecule has 0 atom stereocenters. The van der Waals surface area contributed by atoms with Crippen molar-refractivity contribution in [1.82, 2.24) is 0 Å². The lowest BCUT2D eigenvalue weighted by Gasteiger charge is -1.70. The van der Waals surface area contributed by atoms with Crippen LogP contribution in [0.25, 0.3) is 0 Å². The number of hydrogen-bond acceptors (Lipinski definition) is 0. The highest BCUT2D eigenvalue weighted by atomic mass is 19.1. The highest BCUT2D eigenvalue weighted by molar-refractivity contribution is 4.78. The molecular formula is C5H9F. The smallest absolute Gasteiger partial charge is 0.108 e. The van der Waals surface area contributed by atoms with Crippen LogP contribution in [-0.2, 0) is 0 Å². The van der Waals surface area contributed by atoms with Gasteiger partial charge in [-0.15, -0.1) is 0 Å². The van der Waals surface area contributed by atoms with Crippen LogP contribution in [0, 0.1) is 0 Å². The number of allylic oxidation sites excluding steroid dienone is 2. The van der Waals surface area contributed by atoms with E-state index in [1.165, 1.54) is 6.08 Å². The molecule has 0 saturated carbocycles. The molecule has 0 spiro atoms. The Bertz CT molecular complexity index is 33.2. The monoisotopic (exact) mass is 88.1 g/mol. The van der Waals surface area contributed by atoms with Crippen LogP contribution < -0.4 is 0 Å². The number of rotatable bonds is 2. The zero-order valence-corrected chi connectivity index (χ0v) is 3.95. The van der Waals surface area contributed by atoms with Crippen LogP contribution in [0.2, 0.25) is 0 Å². The van der Waals surface area contributed by atoms with Crippen LogP contribution in [0.3, 0.4) is 0 Å². The van der Waals surface area contributed by atoms with Crippen LogP contribution in [0.1, 0.15) is 13.3 Å². The molecule has 0 fully saturated rings. The Hall–Kier alpha value is -0.330. The van der Waals surface area contributed by atoms with Crippen LogP contribution >= 0.6 is 0 Å². The van der Waals surface area contributed by atoms with Crippen LogP contribution in [0.5, 0.6) is 0 Å². The van der Waals surface area contributed by atoms with Crippen LogP contribution in [0.15, 0.2) is 12.2 Å². The van der Waals surface area contributed by atoms with E-state index in [1.54, 1.807) is 6.08 Å². The Morgan fingerprint density at radius 3 is 2.33 bits per heavy atom. The third-order valence-electron chi connectivity index (χ3n) is 0.491. The van der Waals surface area contributed by atoms with Gasteiger partial charge in [0.25, 0.3) is 0 Å². The average Bonchev–Trinajstić information content (AvgIpc) is 1.61. The zero-order valence-electron chi connectivity index (χ0n) is 3.95. The van der Waals surface area contributed by atoms with Gasteiger partial charge in [-0.25, -0.2) is 4.39 Å². The van der Waals surface area contributed by atoms with Crippen molar-refractivity contribution in [3.8, 4) is 0 Å². The van der Waals surface area contributed by atoms with Crippen molar-refractivity contribution < 1.29 is 4.39 Å². The summed E-state index contributed by atoms with van der Waals surface area (Å²) in [7, 11) is 0. The second-order valence-electron chi connectivity index (χ2n) is 1.03. The first-order valence-electron chi connectivity index (χ1n) is 2.12. The van der Waals surface area contributed by atoms with Crippen molar-refractivity contribution in [1.29, 1.82) is 0 Å². The van der Waals surface area contributed by atoms with E-state index in [-0.39, 0.29) is 6.67 Å². The van der Waals surface area contributed by atoms with E-state index in [4.69, 9.17) is 0 Å². The maximum Gasteiger partial charge on any atom is 0.108 e. The van der Waals surface area contributed by atoms with Gasteiger partial charge in [0.05, 0.1) is 0 Å². The number of hydrogen-bond donors (Lipinski definition) is 0. The lowest BCUT2D eigenvalue weighted by Crippen LogP contribution is -1.58. The van der Waals surface area contributed by atoms with E-state index < -0.39 is 0 Å². The second kappa shape index (κ2) is 4.67. The van der Waals surface area contributed by atoms with Gasteiger partial charge in [-0.2, -0.15) is 0 Å². The topological polar surface area (TPSA) is 0 Å². The number of halogens is 1. The maximum absolute atomic E-state index is 11.1. The van der Waals surface area contributed by atoms with E-state index >= 15 is 0 Å². The molecule has 0 heterocycles. The summed E-state index contributed by atoms with van der Waals surface area (Å²) in [5, 5.41) is 0. The molecule has 1 heteroatoms. The largest absolute Gasteiger partial charge is 0.247 e. The minimum Gasteiger partial charge on any atom is -0.247 e. The molecule has 0 aromatic rings. The molecule has 0 amide bonds. The van der Waals surface area contributed by atoms with Crippen molar-refractivity contribution in [3.63, 3.8) is 0 Å². The second-order valence-corrected chi connectivity index (χ2v) is 1.03. The molecule has 0 nitrogen and oxygen atoms in total. The van der Waals surface area contributed by atoms with Crippen molar-refractivity contribution >= 4 is 0 Å². The average molecular weight is 88.1 g/mol. The van der Waals surface area contributed by atoms with Gasteiger partial charge < -0.3 is 0 Å². The lowest BCUT2D eigenvalue weighted by atomic mass is 10.4. The summed E-state index contributed by atoms with van der Waals surface area (Å²) < 4.78 is 11.1. The molecule has 0 saturated heterocycles. The molecule has 0 aliphatic carbocycles. The van der Waals surface area contributed by atoms with Crippen molar-refractivity contribution in [2.45, 2.75) is 13.3 Å². The molecule has 0 unspecified atom stereocenters. The molecule has 6 heavy (non-hydrogen) atoms. The molecule has 0 bridgehead atoms. The zero-order chi connectivity index (χ0) is 4.83. The Morgan fingerprint density at radius 1 is 1.50 bits per heavy atom. The van der Waals surface area contributed by atoms with E-state index in [0.717, 1.165) is 6.42 Å². The van der Waals surface area contributed by atoms with Gasteiger partial charge in [-0.05, 0) is 6.42 Å². The van der Waals surface area contributed by atoms with E-state index in [2.05, 4.69) is 0 Å². The molecule has 0 rings (SSSR count). The Balaban J connectivity index is 2.73. The molecule has 36 valence electrons. The molecule has 0 N–H and O–H groups in total. The predicted octanol–water partition coefficient (Wildman–Crippen LogP) is 1.92. The SMILES string of the molecule is CCC=CCF. The fourth-order valence-corrected chi connectivity index (χ4v) is 0.230. The minimum atomic E-state index is -0.326. The summed E-state index contributed by atoms with van der Waals surface area (Å²) >= 11 is 0. The fourth-order valence-electron chi connectivity index (χ4n) is 0.230. The lowest BCUT2D eigenvalue weighted by molar-refractivity contribution is 0.561. The standard InChI is InChI=1S/C5H9F/c1-2-3-4-5-6/h3-4H,2,5H2,1H3. The van der Waals surface area contributed by atoms with Crippen molar-refractivity contribution in [2.24, 2.45) is 0 Å². The van der Waals surface area contributed by atoms with Crippen LogP contribution in [-0.4, -0.2) is 6.67 Å². The fraction of sp³-hybridized carbons (Fsp3) is 0.600. The van der Waals surface area contributed by atoms with Gasteiger partial charge in [-0.3, -0.25) is 0 Å². The first kappa shape index (κ1) is 5.67. The van der Waals surface area contributed by atoms with E-state index in [0.29, 0.717) is 0 Å². The van der Waals surface area contributed by atoms with Gasteiger partial charge in [0.15, 0.2) is 0 Å². The maximum atomic E-state index is 11.1. The van der Waals surface area contributed by atoms with Gasteiger partial charge in [0, 0.05) is 0 Å². The normalized spacial score (nSPS) is 10.3. The highest BCUT2D eigenvalue weighted by Gasteiger charge is 1.62. The summed E-state index contributed by atoms with van der Waals surface area (Å²) in [6.07, 6.45) is 4.25. The molecule has 0 aliphatic heterocycles. The van der Waals surface area contributed by atoms with Gasteiger partial charge >= 0.3 is 0 Å². The third kappa shape index (κ3) is 3.67. The van der Waals surface area contributed by atoms with Crippen LogP contribution in [0.4, 0.5) is 4.39 Å². The first-order chi connectivity index (χ1) is 2.91. The summed E-state index contributed by atoms with van der Waals surface area (Å²) in [5.41, 5.74) is 0. The predicted molar refractivity (Wildman–Crippen MR) is 25.4 cm³/mol. The number of alkyl halides is 1. The Labute approximate surface area is 37.7 Å². The summed E-state index contributed by atoms with van der Waals surface area (Å²) in [5.74, 6) is 0. The summed E-state index contributed by atoms with van der Waals surface area (Å²) in [4.78, 5) is 0. The Kier molecular flexibility index (Phi) is 4.41. The van der Waals surface area contributed by atoms with Crippen molar-refractivity contribution in [2.75, 3.05) is 6.67 Å². The summed E-state index contributed by atoms with van der Waals surface area (Å²) in [6, 6.07) is 0. The quantitative estimate of drug-likeness (QED) is 0.452. The highest BCUT2D eigenvalue weighted by Crippen LogP contribution is 1.77. The molecule has 0 aliphatic rings. The van der Waals surface area contributed by atoms with E-state index in [9.17, 15) is 4.39 Å². The van der Waals surface area contributed by atoms with Crippen molar-refractivity contribution in [3.05, 3.63) is 12.2 Å². The molecule has 0 aromatic heterocycles. The van der Waals surface area contributed by atoms with Gasteiger partial charge in [0.1, 0.15) is 6.67 Å². The molecule has 0 radical (unpaired) electrons. The minimum absolute atomic E-state index is 0.326. The summed E-state index contributed by atoms with van der Waals surface area (Å²) in [6.45, 7) is 1.65.